The van der Waals surface area contributed by atoms with E-state index in [1.54, 1.807) is 24.4 Å². The Hall–Kier alpha value is -3.48. The Kier molecular flexibility index (Phi) is 5.54. The Bertz CT molecular complexity index is 1020. The number of hydrogen-bond donors (Lipinski definition) is 1. The SMILES string of the molecule is COc1ccc(OC)c(NC(=O)C(C)OC(=O)c2cn(C)c3ccccc23)c1. The lowest BCUT2D eigenvalue weighted by molar-refractivity contribution is -0.123. The zero-order valence-corrected chi connectivity index (χ0v) is 16.2. The third-order valence-corrected chi connectivity index (χ3v) is 4.43. The number of aryl methyl sites for hydroxylation is 1. The maximum absolute atomic E-state index is 12.6. The number of ether oxygens (including phenoxy) is 3. The first-order valence-electron chi connectivity index (χ1n) is 8.72. The van der Waals surface area contributed by atoms with E-state index in [0.29, 0.717) is 22.7 Å². The Morgan fingerprint density at radius 3 is 2.54 bits per heavy atom. The molecule has 0 aliphatic carbocycles. The van der Waals surface area contributed by atoms with Gasteiger partial charge in [0, 0.05) is 30.2 Å². The van der Waals surface area contributed by atoms with Gasteiger partial charge in [-0.2, -0.15) is 0 Å². The van der Waals surface area contributed by atoms with Gasteiger partial charge in [-0.3, -0.25) is 4.79 Å². The molecule has 1 atom stereocenters. The number of nitrogens with zero attached hydrogens (tertiary/aromatic N) is 1. The monoisotopic (exact) mass is 382 g/mol. The van der Waals surface area contributed by atoms with Gasteiger partial charge >= 0.3 is 5.97 Å². The molecule has 0 saturated heterocycles. The van der Waals surface area contributed by atoms with E-state index in [9.17, 15) is 9.59 Å². The predicted molar refractivity (Wildman–Crippen MR) is 106 cm³/mol. The predicted octanol–water partition coefficient (Wildman–Crippen LogP) is 3.38. The summed E-state index contributed by atoms with van der Waals surface area (Å²) in [5, 5.41) is 3.48. The van der Waals surface area contributed by atoms with Gasteiger partial charge in [0.05, 0.1) is 25.5 Å². The maximum Gasteiger partial charge on any atom is 0.341 e. The van der Waals surface area contributed by atoms with Crippen LogP contribution in [0.15, 0.2) is 48.7 Å². The number of carbonyl (C=O) groups excluding carboxylic acids is 2. The van der Waals surface area contributed by atoms with Crippen LogP contribution in [0.4, 0.5) is 5.69 Å². The van der Waals surface area contributed by atoms with Crippen molar-refractivity contribution in [2.45, 2.75) is 13.0 Å². The van der Waals surface area contributed by atoms with Crippen LogP contribution in [0.5, 0.6) is 11.5 Å². The summed E-state index contributed by atoms with van der Waals surface area (Å²) in [6.45, 7) is 1.52. The number of benzene rings is 2. The standard InChI is InChI=1S/C21H22N2O5/c1-13(20(24)22-17-11-14(26-3)9-10-19(17)27-4)28-21(25)16-12-23(2)18-8-6-5-7-15(16)18/h5-13H,1-4H3,(H,22,24). The van der Waals surface area contributed by atoms with Crippen molar-refractivity contribution in [3.8, 4) is 11.5 Å². The summed E-state index contributed by atoms with van der Waals surface area (Å²) in [6, 6.07) is 12.5. The Labute approximate surface area is 162 Å². The summed E-state index contributed by atoms with van der Waals surface area (Å²) in [4.78, 5) is 25.1. The minimum Gasteiger partial charge on any atom is -0.497 e. The first-order chi connectivity index (χ1) is 13.4. The Morgan fingerprint density at radius 2 is 1.82 bits per heavy atom. The third kappa shape index (κ3) is 3.78. The number of amides is 1. The average molecular weight is 382 g/mol. The normalized spacial score (nSPS) is 11.7. The van der Waals surface area contributed by atoms with E-state index in [0.717, 1.165) is 10.9 Å². The van der Waals surface area contributed by atoms with Gasteiger partial charge in [-0.1, -0.05) is 18.2 Å². The zero-order chi connectivity index (χ0) is 20.3. The molecule has 0 saturated carbocycles. The molecule has 3 aromatic rings. The van der Waals surface area contributed by atoms with Crippen molar-refractivity contribution in [2.75, 3.05) is 19.5 Å². The minimum absolute atomic E-state index is 0.414. The molecule has 0 aliphatic rings. The number of carbonyl (C=O) groups is 2. The molecule has 0 radical (unpaired) electrons. The molecule has 1 unspecified atom stereocenters. The number of para-hydroxylation sites is 1. The maximum atomic E-state index is 12.6. The first kappa shape index (κ1) is 19.3. The van der Waals surface area contributed by atoms with Gasteiger partial charge in [-0.15, -0.1) is 0 Å². The second kappa shape index (κ2) is 8.04. The van der Waals surface area contributed by atoms with Crippen LogP contribution >= 0.6 is 0 Å². The summed E-state index contributed by atoms with van der Waals surface area (Å²) >= 11 is 0. The van der Waals surface area contributed by atoms with Crippen LogP contribution < -0.4 is 14.8 Å². The van der Waals surface area contributed by atoms with Crippen molar-refractivity contribution >= 4 is 28.5 Å². The smallest absolute Gasteiger partial charge is 0.341 e. The van der Waals surface area contributed by atoms with Crippen molar-refractivity contribution in [3.63, 3.8) is 0 Å². The molecule has 28 heavy (non-hydrogen) atoms. The summed E-state index contributed by atoms with van der Waals surface area (Å²) < 4.78 is 17.6. The molecule has 146 valence electrons. The van der Waals surface area contributed by atoms with E-state index in [1.807, 2.05) is 35.9 Å². The Balaban J connectivity index is 1.74. The Morgan fingerprint density at radius 1 is 1.07 bits per heavy atom. The molecule has 7 nitrogen and oxygen atoms in total. The fourth-order valence-electron chi connectivity index (χ4n) is 2.93. The lowest BCUT2D eigenvalue weighted by atomic mass is 10.2. The summed E-state index contributed by atoms with van der Waals surface area (Å²) in [5.74, 6) is 0.00966. The van der Waals surface area contributed by atoms with Crippen LogP contribution in [0.2, 0.25) is 0 Å². The lowest BCUT2D eigenvalue weighted by Gasteiger charge is -2.15. The quantitative estimate of drug-likeness (QED) is 0.661. The average Bonchev–Trinajstić information content (AvgIpc) is 3.05. The number of rotatable bonds is 6. The van der Waals surface area contributed by atoms with E-state index in [2.05, 4.69) is 5.32 Å². The highest BCUT2D eigenvalue weighted by Crippen LogP contribution is 2.29. The van der Waals surface area contributed by atoms with Gasteiger partial charge in [0.2, 0.25) is 0 Å². The van der Waals surface area contributed by atoms with Crippen molar-refractivity contribution in [1.29, 1.82) is 0 Å². The van der Waals surface area contributed by atoms with Gasteiger partial charge in [0.15, 0.2) is 6.10 Å². The summed E-state index contributed by atoms with van der Waals surface area (Å²) in [5.41, 5.74) is 1.75. The number of esters is 1. The molecule has 0 spiro atoms. The zero-order valence-electron chi connectivity index (χ0n) is 16.2. The molecule has 1 amide bonds. The van der Waals surface area contributed by atoms with Crippen molar-refractivity contribution in [2.24, 2.45) is 7.05 Å². The molecular weight excluding hydrogens is 360 g/mol. The van der Waals surface area contributed by atoms with Crippen LogP contribution in [0.3, 0.4) is 0 Å². The number of anilines is 1. The number of methoxy groups -OCH3 is 2. The van der Waals surface area contributed by atoms with Crippen LogP contribution in [0.25, 0.3) is 10.9 Å². The van der Waals surface area contributed by atoms with E-state index >= 15 is 0 Å². The molecule has 1 aromatic heterocycles. The lowest BCUT2D eigenvalue weighted by Crippen LogP contribution is -2.30. The second-order valence-electron chi connectivity index (χ2n) is 6.27. The van der Waals surface area contributed by atoms with E-state index < -0.39 is 18.0 Å². The molecule has 1 N–H and O–H groups in total. The topological polar surface area (TPSA) is 78.8 Å². The van der Waals surface area contributed by atoms with Gasteiger partial charge in [-0.25, -0.2) is 4.79 Å². The van der Waals surface area contributed by atoms with Gasteiger partial charge < -0.3 is 24.1 Å². The molecule has 2 aromatic carbocycles. The van der Waals surface area contributed by atoms with Crippen LogP contribution in [0.1, 0.15) is 17.3 Å². The second-order valence-corrected chi connectivity index (χ2v) is 6.27. The summed E-state index contributed by atoms with van der Waals surface area (Å²) in [7, 11) is 4.88. The fourth-order valence-corrected chi connectivity index (χ4v) is 2.93. The summed E-state index contributed by atoms with van der Waals surface area (Å²) in [6.07, 6.45) is 0.699. The minimum atomic E-state index is -0.998. The molecule has 0 fully saturated rings. The van der Waals surface area contributed by atoms with E-state index in [-0.39, 0.29) is 0 Å². The van der Waals surface area contributed by atoms with Crippen LogP contribution in [-0.2, 0) is 16.6 Å². The fraction of sp³-hybridized carbons (Fsp3) is 0.238. The molecule has 0 bridgehead atoms. The van der Waals surface area contributed by atoms with Crippen LogP contribution in [-0.4, -0.2) is 36.8 Å². The number of aromatic nitrogens is 1. The molecular formula is C21H22N2O5. The van der Waals surface area contributed by atoms with Crippen molar-refractivity contribution in [1.82, 2.24) is 4.57 Å². The van der Waals surface area contributed by atoms with Gasteiger partial charge in [-0.05, 0) is 25.1 Å². The molecule has 7 heteroatoms. The molecule has 0 aliphatic heterocycles. The molecule has 3 rings (SSSR count). The molecule has 1 heterocycles. The first-order valence-corrected chi connectivity index (χ1v) is 8.72. The van der Waals surface area contributed by atoms with E-state index in [1.165, 1.54) is 21.1 Å². The number of fused-ring (bicyclic) bond motifs is 1. The third-order valence-electron chi connectivity index (χ3n) is 4.43. The van der Waals surface area contributed by atoms with Gasteiger partial charge in [0.1, 0.15) is 11.5 Å². The van der Waals surface area contributed by atoms with Gasteiger partial charge in [0.25, 0.3) is 5.91 Å². The van der Waals surface area contributed by atoms with Crippen molar-refractivity contribution < 1.29 is 23.8 Å². The van der Waals surface area contributed by atoms with E-state index in [4.69, 9.17) is 14.2 Å². The number of nitrogens with one attached hydrogen (secondary N) is 1. The van der Waals surface area contributed by atoms with Crippen LogP contribution in [0, 0.1) is 0 Å². The number of hydrogen-bond acceptors (Lipinski definition) is 5. The highest BCUT2D eigenvalue weighted by Gasteiger charge is 2.22. The largest absolute Gasteiger partial charge is 0.497 e. The van der Waals surface area contributed by atoms with Crippen molar-refractivity contribution in [3.05, 3.63) is 54.2 Å². The highest BCUT2D eigenvalue weighted by molar-refractivity contribution is 6.05. The highest BCUT2D eigenvalue weighted by atomic mass is 16.5.